The van der Waals surface area contributed by atoms with Crippen LogP contribution in [0.1, 0.15) is 65.2 Å². The molecule has 0 aromatic heterocycles. The molecule has 2 aliphatic rings. The Labute approximate surface area is 120 Å². The highest BCUT2D eigenvalue weighted by Crippen LogP contribution is 2.33. The molecule has 2 aliphatic carbocycles. The van der Waals surface area contributed by atoms with E-state index in [-0.39, 0.29) is 0 Å². The van der Waals surface area contributed by atoms with E-state index in [2.05, 4.69) is 38.2 Å². The molecule has 0 radical (unpaired) electrons. The normalized spacial score (nSPS) is 35.5. The molecule has 112 valence electrons. The summed E-state index contributed by atoms with van der Waals surface area (Å²) in [5.41, 5.74) is 0.426. The Morgan fingerprint density at radius 1 is 0.947 bits per heavy atom. The minimum atomic E-state index is 0.426. The fourth-order valence-corrected chi connectivity index (χ4v) is 4.38. The molecule has 2 atom stereocenters. The predicted octanol–water partition coefficient (Wildman–Crippen LogP) is 3.67. The fraction of sp³-hybridized carbons (Fsp3) is 1.00. The highest BCUT2D eigenvalue weighted by molar-refractivity contribution is 4.95. The average Bonchev–Trinajstić information content (AvgIpc) is 2.39. The molecule has 0 spiro atoms. The standard InChI is InChI=1S/C17H34N2/c1-14-9-8-10-15(2)16(14)18-13-17(19(3)4)11-6-5-7-12-17/h14-16,18H,5-13H2,1-4H3. The summed E-state index contributed by atoms with van der Waals surface area (Å²) in [6.07, 6.45) is 11.3. The van der Waals surface area contributed by atoms with Gasteiger partial charge < -0.3 is 10.2 Å². The van der Waals surface area contributed by atoms with Crippen LogP contribution in [0.5, 0.6) is 0 Å². The minimum absolute atomic E-state index is 0.426. The summed E-state index contributed by atoms with van der Waals surface area (Å²) < 4.78 is 0. The third-order valence-electron chi connectivity index (χ3n) is 5.94. The van der Waals surface area contributed by atoms with Gasteiger partial charge in [0.15, 0.2) is 0 Å². The van der Waals surface area contributed by atoms with E-state index >= 15 is 0 Å². The largest absolute Gasteiger partial charge is 0.312 e. The molecular formula is C17H34N2. The van der Waals surface area contributed by atoms with Crippen molar-refractivity contribution in [3.05, 3.63) is 0 Å². The van der Waals surface area contributed by atoms with Crippen LogP contribution in [0.25, 0.3) is 0 Å². The Hall–Kier alpha value is -0.0800. The number of hydrogen-bond acceptors (Lipinski definition) is 2. The molecule has 2 fully saturated rings. The monoisotopic (exact) mass is 266 g/mol. The smallest absolute Gasteiger partial charge is 0.0327 e. The topological polar surface area (TPSA) is 15.3 Å². The zero-order chi connectivity index (χ0) is 13.9. The van der Waals surface area contributed by atoms with E-state index in [0.717, 1.165) is 17.9 Å². The Balaban J connectivity index is 1.94. The van der Waals surface area contributed by atoms with Gasteiger partial charge in [-0.15, -0.1) is 0 Å². The van der Waals surface area contributed by atoms with Crippen LogP contribution in [0.4, 0.5) is 0 Å². The van der Waals surface area contributed by atoms with Crippen molar-refractivity contribution in [3.63, 3.8) is 0 Å². The van der Waals surface area contributed by atoms with E-state index in [9.17, 15) is 0 Å². The first-order valence-electron chi connectivity index (χ1n) is 8.46. The van der Waals surface area contributed by atoms with Crippen molar-refractivity contribution in [1.29, 1.82) is 0 Å². The van der Waals surface area contributed by atoms with E-state index in [4.69, 9.17) is 0 Å². The van der Waals surface area contributed by atoms with E-state index in [0.29, 0.717) is 5.54 Å². The second-order valence-electron chi connectivity index (χ2n) is 7.47. The third kappa shape index (κ3) is 3.52. The van der Waals surface area contributed by atoms with Crippen molar-refractivity contribution in [2.45, 2.75) is 76.8 Å². The number of nitrogens with one attached hydrogen (secondary N) is 1. The van der Waals surface area contributed by atoms with Gasteiger partial charge in [0.25, 0.3) is 0 Å². The maximum Gasteiger partial charge on any atom is 0.0327 e. The summed E-state index contributed by atoms with van der Waals surface area (Å²) in [7, 11) is 4.56. The van der Waals surface area contributed by atoms with Gasteiger partial charge in [0.2, 0.25) is 0 Å². The van der Waals surface area contributed by atoms with Crippen LogP contribution in [0, 0.1) is 11.8 Å². The number of likely N-dealkylation sites (N-methyl/N-ethyl adjacent to an activating group) is 1. The molecule has 2 nitrogen and oxygen atoms in total. The van der Waals surface area contributed by atoms with Crippen LogP contribution in [-0.4, -0.2) is 37.1 Å². The molecule has 0 saturated heterocycles. The maximum absolute atomic E-state index is 3.97. The number of nitrogens with zero attached hydrogens (tertiary/aromatic N) is 1. The van der Waals surface area contributed by atoms with Gasteiger partial charge in [-0.1, -0.05) is 39.5 Å². The zero-order valence-corrected chi connectivity index (χ0v) is 13.5. The highest BCUT2D eigenvalue weighted by atomic mass is 15.2. The molecule has 0 amide bonds. The minimum Gasteiger partial charge on any atom is -0.312 e. The van der Waals surface area contributed by atoms with E-state index < -0.39 is 0 Å². The van der Waals surface area contributed by atoms with E-state index in [1.54, 1.807) is 0 Å². The van der Waals surface area contributed by atoms with Crippen LogP contribution in [0.3, 0.4) is 0 Å². The lowest BCUT2D eigenvalue weighted by Crippen LogP contribution is -2.56. The molecule has 19 heavy (non-hydrogen) atoms. The lowest BCUT2D eigenvalue weighted by Gasteiger charge is -2.46. The first-order valence-corrected chi connectivity index (χ1v) is 8.46. The van der Waals surface area contributed by atoms with Crippen LogP contribution in [0.15, 0.2) is 0 Å². The summed E-state index contributed by atoms with van der Waals surface area (Å²) in [6, 6.07) is 0.743. The predicted molar refractivity (Wildman–Crippen MR) is 83.5 cm³/mol. The van der Waals surface area contributed by atoms with Gasteiger partial charge in [-0.3, -0.25) is 0 Å². The second-order valence-corrected chi connectivity index (χ2v) is 7.47. The fourth-order valence-electron chi connectivity index (χ4n) is 4.38. The van der Waals surface area contributed by atoms with Crippen molar-refractivity contribution in [2.75, 3.05) is 20.6 Å². The van der Waals surface area contributed by atoms with Crippen molar-refractivity contribution in [1.82, 2.24) is 10.2 Å². The Kier molecular flexibility index (Phi) is 5.30. The van der Waals surface area contributed by atoms with Crippen molar-refractivity contribution >= 4 is 0 Å². The molecule has 1 N–H and O–H groups in total. The lowest BCUT2D eigenvalue weighted by molar-refractivity contribution is 0.0830. The van der Waals surface area contributed by atoms with Gasteiger partial charge in [-0.2, -0.15) is 0 Å². The van der Waals surface area contributed by atoms with Crippen molar-refractivity contribution < 1.29 is 0 Å². The molecule has 0 aromatic carbocycles. The molecule has 2 rings (SSSR count). The van der Waals surface area contributed by atoms with Gasteiger partial charge in [0.1, 0.15) is 0 Å². The van der Waals surface area contributed by atoms with E-state index in [1.165, 1.54) is 57.9 Å². The average molecular weight is 266 g/mol. The van der Waals surface area contributed by atoms with Gasteiger partial charge in [0, 0.05) is 18.1 Å². The SMILES string of the molecule is CC1CCCC(C)C1NCC1(N(C)C)CCCCC1. The van der Waals surface area contributed by atoms with Crippen molar-refractivity contribution in [3.8, 4) is 0 Å². The summed E-state index contributed by atoms with van der Waals surface area (Å²) in [5, 5.41) is 3.97. The van der Waals surface area contributed by atoms with Crippen LogP contribution in [-0.2, 0) is 0 Å². The summed E-state index contributed by atoms with van der Waals surface area (Å²) in [6.45, 7) is 6.08. The maximum atomic E-state index is 3.97. The molecule has 2 saturated carbocycles. The molecule has 0 bridgehead atoms. The zero-order valence-electron chi connectivity index (χ0n) is 13.5. The van der Waals surface area contributed by atoms with Crippen LogP contribution in [0.2, 0.25) is 0 Å². The van der Waals surface area contributed by atoms with Gasteiger partial charge in [0.05, 0.1) is 0 Å². The summed E-state index contributed by atoms with van der Waals surface area (Å²) in [4.78, 5) is 2.50. The van der Waals surface area contributed by atoms with Crippen molar-refractivity contribution in [2.24, 2.45) is 11.8 Å². The summed E-state index contributed by atoms with van der Waals surface area (Å²) in [5.74, 6) is 1.71. The molecule has 0 heterocycles. The summed E-state index contributed by atoms with van der Waals surface area (Å²) >= 11 is 0. The van der Waals surface area contributed by atoms with Gasteiger partial charge in [-0.05, 0) is 51.6 Å². The number of hydrogen-bond donors (Lipinski definition) is 1. The Morgan fingerprint density at radius 2 is 1.53 bits per heavy atom. The number of rotatable bonds is 4. The first kappa shape index (κ1) is 15.3. The van der Waals surface area contributed by atoms with E-state index in [1.807, 2.05) is 0 Å². The lowest BCUT2D eigenvalue weighted by atomic mass is 9.77. The van der Waals surface area contributed by atoms with Crippen LogP contribution >= 0.6 is 0 Å². The van der Waals surface area contributed by atoms with Gasteiger partial charge in [-0.25, -0.2) is 0 Å². The molecule has 2 heteroatoms. The molecule has 0 aromatic rings. The quantitative estimate of drug-likeness (QED) is 0.835. The third-order valence-corrected chi connectivity index (χ3v) is 5.94. The van der Waals surface area contributed by atoms with Crippen LogP contribution < -0.4 is 5.32 Å². The molecule has 2 unspecified atom stereocenters. The van der Waals surface area contributed by atoms with Gasteiger partial charge >= 0.3 is 0 Å². The molecular weight excluding hydrogens is 232 g/mol. The molecule has 0 aliphatic heterocycles. The second kappa shape index (κ2) is 6.58. The highest BCUT2D eigenvalue weighted by Gasteiger charge is 2.36. The Morgan fingerprint density at radius 3 is 2.05 bits per heavy atom. The Bertz CT molecular complexity index is 258. The first-order chi connectivity index (χ1) is 9.05.